The van der Waals surface area contributed by atoms with Crippen molar-refractivity contribution in [3.63, 3.8) is 0 Å². The van der Waals surface area contributed by atoms with Crippen LogP contribution in [0.3, 0.4) is 0 Å². The lowest BCUT2D eigenvalue weighted by atomic mass is 10.1. The van der Waals surface area contributed by atoms with Gasteiger partial charge in [-0.2, -0.15) is 0 Å². The summed E-state index contributed by atoms with van der Waals surface area (Å²) in [6, 6.07) is 93.1. The van der Waals surface area contributed by atoms with E-state index < -0.39 is 0 Å². The lowest BCUT2D eigenvalue weighted by Crippen LogP contribution is -2.03. The van der Waals surface area contributed by atoms with Gasteiger partial charge in [-0.15, -0.1) is 0 Å². The summed E-state index contributed by atoms with van der Waals surface area (Å²) in [4.78, 5) is 0. The van der Waals surface area contributed by atoms with Gasteiger partial charge in [-0.3, -0.25) is 27.4 Å². The molecule has 16 aromatic rings. The third-order valence-corrected chi connectivity index (χ3v) is 15.2. The largest absolute Gasteiger partial charge is 0.295 e. The smallest absolute Gasteiger partial charge is 0.131 e. The van der Waals surface area contributed by atoms with E-state index in [4.69, 9.17) is 0 Å². The van der Waals surface area contributed by atoms with Crippen LogP contribution in [0.4, 0.5) is 0 Å². The maximum atomic E-state index is 2.51. The number of aromatic nitrogens is 6. The Morgan fingerprint density at radius 2 is 0.389 bits per heavy atom. The maximum Gasteiger partial charge on any atom is 0.131 e. The van der Waals surface area contributed by atoms with Crippen LogP contribution in [0.1, 0.15) is 0 Å². The van der Waals surface area contributed by atoms with Gasteiger partial charge < -0.3 is 0 Å². The van der Waals surface area contributed by atoms with Gasteiger partial charge in [0.15, 0.2) is 0 Å². The van der Waals surface area contributed by atoms with Crippen LogP contribution in [-0.4, -0.2) is 27.4 Å². The van der Waals surface area contributed by atoms with Gasteiger partial charge in [0.2, 0.25) is 0 Å². The summed E-state index contributed by atoms with van der Waals surface area (Å²) in [5, 5.41) is 11.0. The van der Waals surface area contributed by atoms with Gasteiger partial charge in [-0.05, 0) is 109 Å². The summed E-state index contributed by atoms with van der Waals surface area (Å²) in [7, 11) is 0. The molecule has 0 saturated carbocycles. The Bertz CT molecular complexity index is 4830. The molecule has 0 amide bonds. The number of fused-ring (bicyclic) bond motifs is 15. The second-order valence-electron chi connectivity index (χ2n) is 18.9. The molecule has 0 aliphatic rings. The number of hydrogen-bond donors (Lipinski definition) is 0. The molecule has 6 nitrogen and oxygen atoms in total. The van der Waals surface area contributed by atoms with Gasteiger partial charge in [0.25, 0.3) is 0 Å². The SMILES string of the molecule is c1ccc(-n2c3ccccc3c3c4ccccc4n(-c4ccc5c(c4)c4c6ccccc6n(-c6ccc7c(c6)c6c8ccccc8n(-c8ccccc8)c6n7-c6ccccc6)c4n5-c4ccccc4)c32)cc1. The van der Waals surface area contributed by atoms with Crippen LogP contribution < -0.4 is 0 Å². The number of rotatable bonds is 6. The number of para-hydroxylation sites is 8. The zero-order valence-electron chi connectivity index (χ0n) is 38.9. The molecule has 0 aliphatic carbocycles. The maximum absolute atomic E-state index is 2.51. The van der Waals surface area contributed by atoms with Gasteiger partial charge in [0, 0.05) is 82.6 Å². The first-order valence-electron chi connectivity index (χ1n) is 24.7. The normalized spacial score (nSPS) is 12.2. The highest BCUT2D eigenvalue weighted by atomic mass is 15.2. The standard InChI is InChI=1S/C66H42N6/c1-5-21-43(22-6-1)67-55-33-17-13-29-49(55)61-50-30-14-19-35-57(50)71(64(61)67)47-37-40-60-54(41-47)63-52-32-16-20-36-58(52)72(66(63)70(60)46-27-11-4-12-28-46)48-38-39-59-53(42-48)62-51-31-15-18-34-56(51)68(44-23-7-2-8-24-44)65(62)69(59)45-25-9-3-10-26-45/h1-42H. The highest BCUT2D eigenvalue weighted by molar-refractivity contribution is 6.26. The van der Waals surface area contributed by atoms with Crippen molar-refractivity contribution in [1.82, 2.24) is 27.4 Å². The van der Waals surface area contributed by atoms with Crippen LogP contribution in [-0.2, 0) is 0 Å². The second kappa shape index (κ2) is 14.9. The molecule has 72 heavy (non-hydrogen) atoms. The van der Waals surface area contributed by atoms with Crippen LogP contribution in [0, 0.1) is 0 Å². The van der Waals surface area contributed by atoms with Crippen molar-refractivity contribution in [2.24, 2.45) is 0 Å². The zero-order chi connectivity index (χ0) is 47.0. The van der Waals surface area contributed by atoms with E-state index in [-0.39, 0.29) is 0 Å². The fourth-order valence-electron chi connectivity index (χ4n) is 12.3. The summed E-state index contributed by atoms with van der Waals surface area (Å²) in [6.45, 7) is 0. The van der Waals surface area contributed by atoms with E-state index in [0.717, 1.165) is 67.6 Å². The van der Waals surface area contributed by atoms with Gasteiger partial charge in [-0.25, -0.2) is 0 Å². The van der Waals surface area contributed by atoms with E-state index in [2.05, 4.69) is 282 Å². The average molecular weight is 919 g/mol. The molecule has 16 rings (SSSR count). The molecule has 10 aromatic carbocycles. The van der Waals surface area contributed by atoms with Crippen molar-refractivity contribution in [3.05, 3.63) is 255 Å². The van der Waals surface area contributed by atoms with E-state index in [9.17, 15) is 0 Å². The number of hydrogen-bond acceptors (Lipinski definition) is 0. The topological polar surface area (TPSA) is 29.6 Å². The predicted molar refractivity (Wildman–Crippen MR) is 300 cm³/mol. The molecule has 0 N–H and O–H groups in total. The summed E-state index contributed by atoms with van der Waals surface area (Å²) in [6.07, 6.45) is 0. The van der Waals surface area contributed by atoms with Crippen LogP contribution >= 0.6 is 0 Å². The van der Waals surface area contributed by atoms with Gasteiger partial charge in [-0.1, -0.05) is 146 Å². The van der Waals surface area contributed by atoms with Crippen LogP contribution in [0.2, 0.25) is 0 Å². The molecular weight excluding hydrogens is 877 g/mol. The minimum Gasteiger partial charge on any atom is -0.295 e. The first-order valence-corrected chi connectivity index (χ1v) is 24.7. The fourth-order valence-corrected chi connectivity index (χ4v) is 12.3. The third-order valence-electron chi connectivity index (χ3n) is 15.2. The summed E-state index contributed by atoms with van der Waals surface area (Å²) < 4.78 is 14.8. The number of benzene rings is 10. The van der Waals surface area contributed by atoms with Crippen molar-refractivity contribution < 1.29 is 0 Å². The Labute approximate surface area is 412 Å². The van der Waals surface area contributed by atoms with Gasteiger partial charge in [0.05, 0.1) is 33.1 Å². The summed E-state index contributed by atoms with van der Waals surface area (Å²) >= 11 is 0. The molecule has 0 atom stereocenters. The van der Waals surface area contributed by atoms with E-state index in [1.54, 1.807) is 0 Å². The summed E-state index contributed by atoms with van der Waals surface area (Å²) in [5.41, 5.74) is 17.1. The Hall–Kier alpha value is -9.78. The Morgan fingerprint density at radius 3 is 0.681 bits per heavy atom. The van der Waals surface area contributed by atoms with E-state index in [1.807, 2.05) is 0 Å². The van der Waals surface area contributed by atoms with Gasteiger partial charge >= 0.3 is 0 Å². The van der Waals surface area contributed by atoms with E-state index in [0.29, 0.717) is 0 Å². The lowest BCUT2D eigenvalue weighted by molar-refractivity contribution is 1.06. The van der Waals surface area contributed by atoms with Crippen molar-refractivity contribution in [2.45, 2.75) is 0 Å². The molecular formula is C66H42N6. The van der Waals surface area contributed by atoms with Crippen LogP contribution in [0.15, 0.2) is 255 Å². The molecule has 0 aliphatic heterocycles. The van der Waals surface area contributed by atoms with E-state index >= 15 is 0 Å². The summed E-state index contributed by atoms with van der Waals surface area (Å²) in [5.74, 6) is 0. The predicted octanol–water partition coefficient (Wildman–Crippen LogP) is 16.8. The lowest BCUT2D eigenvalue weighted by Gasteiger charge is -2.15. The van der Waals surface area contributed by atoms with E-state index in [1.165, 1.54) is 65.0 Å². The first-order chi connectivity index (χ1) is 35.8. The molecule has 0 bridgehead atoms. The first kappa shape index (κ1) is 39.1. The molecule has 6 aromatic heterocycles. The van der Waals surface area contributed by atoms with Crippen molar-refractivity contribution in [3.8, 4) is 34.1 Å². The van der Waals surface area contributed by atoms with Crippen molar-refractivity contribution in [1.29, 1.82) is 0 Å². The van der Waals surface area contributed by atoms with Crippen LogP contribution in [0.5, 0.6) is 0 Å². The number of nitrogens with zero attached hydrogens (tertiary/aromatic N) is 6. The molecule has 6 heterocycles. The Kier molecular flexibility index (Phi) is 8.07. The minimum absolute atomic E-state index is 1.10. The highest BCUT2D eigenvalue weighted by Gasteiger charge is 2.27. The zero-order valence-corrected chi connectivity index (χ0v) is 38.9. The molecule has 0 fully saturated rings. The molecule has 0 unspecified atom stereocenters. The van der Waals surface area contributed by atoms with Gasteiger partial charge in [0.1, 0.15) is 16.9 Å². The highest BCUT2D eigenvalue weighted by Crippen LogP contribution is 2.46. The monoisotopic (exact) mass is 918 g/mol. The molecule has 0 spiro atoms. The fraction of sp³-hybridized carbons (Fsp3) is 0. The second-order valence-corrected chi connectivity index (χ2v) is 18.9. The Morgan fingerprint density at radius 1 is 0.167 bits per heavy atom. The average Bonchev–Trinajstić information content (AvgIpc) is 4.28. The van der Waals surface area contributed by atoms with Crippen molar-refractivity contribution in [2.75, 3.05) is 0 Å². The Balaban J connectivity index is 1.03. The molecule has 6 heteroatoms. The molecule has 0 saturated heterocycles. The molecule has 336 valence electrons. The minimum atomic E-state index is 1.10. The third kappa shape index (κ3) is 5.27. The van der Waals surface area contributed by atoms with Crippen molar-refractivity contribution >= 4 is 98.5 Å². The van der Waals surface area contributed by atoms with Crippen LogP contribution in [0.25, 0.3) is 133 Å². The quantitative estimate of drug-likeness (QED) is 0.159. The molecule has 0 radical (unpaired) electrons.